The van der Waals surface area contributed by atoms with Crippen LogP contribution in [0.5, 0.6) is 5.75 Å². The largest absolute Gasteiger partial charge is 0.486 e. The Bertz CT molecular complexity index is 445. The average molecular weight is 252 g/mol. The van der Waals surface area contributed by atoms with Crippen LogP contribution in [0.25, 0.3) is 0 Å². The van der Waals surface area contributed by atoms with Gasteiger partial charge in [-0.05, 0) is 37.3 Å². The van der Waals surface area contributed by atoms with Gasteiger partial charge in [0.25, 0.3) is 0 Å². The molecule has 0 radical (unpaired) electrons. The molecular formula is C14H17FO3. The fourth-order valence-corrected chi connectivity index (χ4v) is 2.41. The van der Waals surface area contributed by atoms with Gasteiger partial charge in [0.2, 0.25) is 0 Å². The molecule has 1 aromatic rings. The monoisotopic (exact) mass is 252 g/mol. The smallest absolute Gasteiger partial charge is 0.339 e. The van der Waals surface area contributed by atoms with Gasteiger partial charge in [0.1, 0.15) is 11.7 Å². The van der Waals surface area contributed by atoms with Gasteiger partial charge in [-0.25, -0.2) is 9.18 Å². The third kappa shape index (κ3) is 2.63. The molecule has 0 aliphatic heterocycles. The van der Waals surface area contributed by atoms with E-state index in [1.165, 1.54) is 18.2 Å². The van der Waals surface area contributed by atoms with Crippen molar-refractivity contribution in [3.63, 3.8) is 0 Å². The Morgan fingerprint density at radius 1 is 1.39 bits per heavy atom. The summed E-state index contributed by atoms with van der Waals surface area (Å²) in [6, 6.07) is 3.99. The minimum absolute atomic E-state index is 0.0891. The first-order valence-electron chi connectivity index (χ1n) is 6.28. The second-order valence-corrected chi connectivity index (χ2v) is 4.84. The van der Waals surface area contributed by atoms with Gasteiger partial charge in [0.15, 0.2) is 11.6 Å². The number of carboxylic acids is 1. The van der Waals surface area contributed by atoms with Crippen LogP contribution >= 0.6 is 0 Å². The van der Waals surface area contributed by atoms with E-state index in [-0.39, 0.29) is 17.4 Å². The number of benzene rings is 1. The number of hydrogen-bond acceptors (Lipinski definition) is 2. The van der Waals surface area contributed by atoms with E-state index < -0.39 is 11.8 Å². The van der Waals surface area contributed by atoms with Gasteiger partial charge in [0, 0.05) is 0 Å². The molecule has 0 saturated heterocycles. The van der Waals surface area contributed by atoms with E-state index in [1.807, 2.05) is 0 Å². The Hall–Kier alpha value is -1.58. The summed E-state index contributed by atoms with van der Waals surface area (Å²) >= 11 is 0. The lowest BCUT2D eigenvalue weighted by molar-refractivity contribution is 0.0667. The fourth-order valence-electron chi connectivity index (χ4n) is 2.41. The number of aromatic carboxylic acids is 1. The molecule has 0 heterocycles. The summed E-state index contributed by atoms with van der Waals surface area (Å²) in [6.45, 7) is 2.06. The van der Waals surface area contributed by atoms with Crippen molar-refractivity contribution in [1.82, 2.24) is 0 Å². The fraction of sp³-hybridized carbons (Fsp3) is 0.500. The molecule has 0 aromatic heterocycles. The van der Waals surface area contributed by atoms with Gasteiger partial charge in [0.05, 0.1) is 0 Å². The Kier molecular flexibility index (Phi) is 3.84. The standard InChI is InChI=1S/C14H17FO3/c1-9-5-2-3-8-12(9)18-13-10(14(16)17)6-4-7-11(13)15/h4,6-7,9,12H,2-3,5,8H2,1H3,(H,16,17). The number of rotatable bonds is 3. The van der Waals surface area contributed by atoms with Gasteiger partial charge >= 0.3 is 5.97 Å². The zero-order chi connectivity index (χ0) is 13.1. The van der Waals surface area contributed by atoms with Crippen LogP contribution < -0.4 is 4.74 Å². The summed E-state index contributed by atoms with van der Waals surface area (Å²) in [4.78, 5) is 11.1. The highest BCUT2D eigenvalue weighted by Crippen LogP contribution is 2.31. The van der Waals surface area contributed by atoms with E-state index in [0.717, 1.165) is 25.7 Å². The van der Waals surface area contributed by atoms with Crippen LogP contribution in [0, 0.1) is 11.7 Å². The van der Waals surface area contributed by atoms with Crippen LogP contribution in [0.3, 0.4) is 0 Å². The first-order chi connectivity index (χ1) is 8.59. The van der Waals surface area contributed by atoms with Gasteiger partial charge in [-0.2, -0.15) is 0 Å². The first kappa shape index (κ1) is 12.9. The predicted octanol–water partition coefficient (Wildman–Crippen LogP) is 3.48. The Labute approximate surface area is 106 Å². The minimum atomic E-state index is -1.16. The molecule has 1 aliphatic rings. The van der Waals surface area contributed by atoms with E-state index in [9.17, 15) is 9.18 Å². The molecule has 18 heavy (non-hydrogen) atoms. The summed E-state index contributed by atoms with van der Waals surface area (Å²) < 4.78 is 19.3. The zero-order valence-electron chi connectivity index (χ0n) is 10.4. The van der Waals surface area contributed by atoms with E-state index in [4.69, 9.17) is 9.84 Å². The van der Waals surface area contributed by atoms with E-state index in [2.05, 4.69) is 6.92 Å². The minimum Gasteiger partial charge on any atom is -0.486 e. The lowest BCUT2D eigenvalue weighted by Gasteiger charge is -2.29. The summed E-state index contributed by atoms with van der Waals surface area (Å²) in [5.41, 5.74) is -0.104. The van der Waals surface area contributed by atoms with Crippen molar-refractivity contribution >= 4 is 5.97 Å². The van der Waals surface area contributed by atoms with Crippen LogP contribution in [0.1, 0.15) is 43.0 Å². The number of para-hydroxylation sites is 1. The third-order valence-corrected chi connectivity index (χ3v) is 3.50. The Morgan fingerprint density at radius 2 is 2.11 bits per heavy atom. The highest BCUT2D eigenvalue weighted by molar-refractivity contribution is 5.90. The normalized spacial score (nSPS) is 23.7. The number of ether oxygens (including phenoxy) is 1. The van der Waals surface area contributed by atoms with Gasteiger partial charge in [-0.15, -0.1) is 0 Å². The van der Waals surface area contributed by atoms with Crippen LogP contribution in [0.2, 0.25) is 0 Å². The Morgan fingerprint density at radius 3 is 2.78 bits per heavy atom. The van der Waals surface area contributed by atoms with E-state index in [1.54, 1.807) is 0 Å². The van der Waals surface area contributed by atoms with Crippen molar-refractivity contribution in [1.29, 1.82) is 0 Å². The molecule has 0 amide bonds. The van der Waals surface area contributed by atoms with Crippen molar-refractivity contribution in [2.45, 2.75) is 38.7 Å². The van der Waals surface area contributed by atoms with Gasteiger partial charge < -0.3 is 9.84 Å². The SMILES string of the molecule is CC1CCCCC1Oc1c(F)cccc1C(=O)O. The maximum absolute atomic E-state index is 13.7. The summed E-state index contributed by atoms with van der Waals surface area (Å²) in [7, 11) is 0. The predicted molar refractivity (Wildman–Crippen MR) is 65.4 cm³/mol. The van der Waals surface area contributed by atoms with Gasteiger partial charge in [-0.3, -0.25) is 0 Å². The second kappa shape index (κ2) is 5.38. The quantitative estimate of drug-likeness (QED) is 0.895. The van der Waals surface area contributed by atoms with Crippen molar-refractivity contribution < 1.29 is 19.0 Å². The highest BCUT2D eigenvalue weighted by Gasteiger charge is 2.26. The van der Waals surface area contributed by atoms with Crippen LogP contribution in [0.4, 0.5) is 4.39 Å². The molecule has 1 saturated carbocycles. The second-order valence-electron chi connectivity index (χ2n) is 4.84. The molecule has 1 N–H and O–H groups in total. The average Bonchev–Trinajstić information content (AvgIpc) is 2.34. The number of halogens is 1. The van der Waals surface area contributed by atoms with Crippen LogP contribution in [0.15, 0.2) is 18.2 Å². The van der Waals surface area contributed by atoms with Crippen molar-refractivity contribution in [2.75, 3.05) is 0 Å². The molecule has 98 valence electrons. The number of carbonyl (C=O) groups is 1. The molecule has 4 heteroatoms. The molecule has 0 spiro atoms. The molecule has 2 rings (SSSR count). The van der Waals surface area contributed by atoms with E-state index in [0.29, 0.717) is 5.92 Å². The maximum atomic E-state index is 13.7. The van der Waals surface area contributed by atoms with Crippen molar-refractivity contribution in [3.05, 3.63) is 29.6 Å². The zero-order valence-corrected chi connectivity index (χ0v) is 10.4. The molecule has 1 aliphatic carbocycles. The molecule has 1 aromatic carbocycles. The lowest BCUT2D eigenvalue weighted by Crippen LogP contribution is -2.29. The van der Waals surface area contributed by atoms with E-state index >= 15 is 0 Å². The molecule has 2 atom stereocenters. The molecule has 1 fully saturated rings. The molecule has 2 unspecified atom stereocenters. The van der Waals surface area contributed by atoms with Crippen molar-refractivity contribution in [3.8, 4) is 5.75 Å². The van der Waals surface area contributed by atoms with Crippen LogP contribution in [-0.4, -0.2) is 17.2 Å². The highest BCUT2D eigenvalue weighted by atomic mass is 19.1. The lowest BCUT2D eigenvalue weighted by atomic mass is 9.88. The summed E-state index contributed by atoms with van der Waals surface area (Å²) in [6.07, 6.45) is 4.01. The van der Waals surface area contributed by atoms with Crippen molar-refractivity contribution in [2.24, 2.45) is 5.92 Å². The summed E-state index contributed by atoms with van der Waals surface area (Å²) in [5, 5.41) is 9.04. The molecule has 0 bridgehead atoms. The van der Waals surface area contributed by atoms with Gasteiger partial charge in [-0.1, -0.05) is 19.4 Å². The molecular weight excluding hydrogens is 235 g/mol. The Balaban J connectivity index is 2.24. The first-order valence-corrected chi connectivity index (χ1v) is 6.28. The summed E-state index contributed by atoms with van der Waals surface area (Å²) in [5.74, 6) is -1.55. The molecule has 3 nitrogen and oxygen atoms in total. The topological polar surface area (TPSA) is 46.5 Å². The third-order valence-electron chi connectivity index (χ3n) is 3.50. The maximum Gasteiger partial charge on any atom is 0.339 e. The number of hydrogen-bond donors (Lipinski definition) is 1. The number of carboxylic acid groups (broad SMARTS) is 1. The van der Waals surface area contributed by atoms with Crippen LogP contribution in [-0.2, 0) is 0 Å².